The molecule has 2 N–H and O–H groups in total. The monoisotopic (exact) mass is 290 g/mol. The first-order chi connectivity index (χ1) is 10.2. The van der Waals surface area contributed by atoms with Crippen LogP contribution in [0.5, 0.6) is 5.75 Å². The molecular formula is C17H26N2O2. The molecule has 0 spiro atoms. The number of rotatable bonds is 6. The lowest BCUT2D eigenvalue weighted by Crippen LogP contribution is -2.38. The molecule has 1 amide bonds. The molecule has 1 aromatic carbocycles. The van der Waals surface area contributed by atoms with Gasteiger partial charge in [0.2, 0.25) is 0 Å². The summed E-state index contributed by atoms with van der Waals surface area (Å²) in [5.41, 5.74) is 6.33. The van der Waals surface area contributed by atoms with Crippen molar-refractivity contribution in [3.05, 3.63) is 29.8 Å². The van der Waals surface area contributed by atoms with Crippen molar-refractivity contribution in [2.24, 2.45) is 11.7 Å². The van der Waals surface area contributed by atoms with Crippen LogP contribution in [0.4, 0.5) is 0 Å². The lowest BCUT2D eigenvalue weighted by molar-refractivity contribution is 0.0687. The molecule has 0 unspecified atom stereocenters. The van der Waals surface area contributed by atoms with Gasteiger partial charge in [0.1, 0.15) is 5.75 Å². The van der Waals surface area contributed by atoms with Gasteiger partial charge in [0.25, 0.3) is 5.91 Å². The third kappa shape index (κ3) is 4.46. The highest BCUT2D eigenvalue weighted by Gasteiger charge is 2.23. The Balaban J connectivity index is 1.94. The van der Waals surface area contributed by atoms with Crippen LogP contribution in [0, 0.1) is 5.92 Å². The van der Waals surface area contributed by atoms with Crippen molar-refractivity contribution >= 4 is 5.91 Å². The predicted octanol–water partition coefficient (Wildman–Crippen LogP) is 2.68. The summed E-state index contributed by atoms with van der Waals surface area (Å²) < 4.78 is 5.60. The average molecular weight is 290 g/mol. The minimum absolute atomic E-state index is 0.114. The number of carbonyl (C=O) groups is 1. The van der Waals surface area contributed by atoms with Crippen molar-refractivity contribution in [1.82, 2.24) is 4.90 Å². The summed E-state index contributed by atoms with van der Waals surface area (Å²) in [6, 6.07) is 7.51. The van der Waals surface area contributed by atoms with E-state index >= 15 is 0 Å². The minimum atomic E-state index is 0.114. The lowest BCUT2D eigenvalue weighted by atomic mass is 9.93. The van der Waals surface area contributed by atoms with Gasteiger partial charge in [-0.05, 0) is 56.3 Å². The number of hydrogen-bond donors (Lipinski definition) is 1. The topological polar surface area (TPSA) is 55.6 Å². The number of benzene rings is 1. The molecule has 4 heteroatoms. The van der Waals surface area contributed by atoms with Gasteiger partial charge in [-0.2, -0.15) is 0 Å². The Morgan fingerprint density at radius 1 is 1.38 bits per heavy atom. The van der Waals surface area contributed by atoms with Crippen LogP contribution in [0.1, 0.15) is 43.0 Å². The van der Waals surface area contributed by atoms with Gasteiger partial charge in [0, 0.05) is 18.7 Å². The summed E-state index contributed by atoms with van der Waals surface area (Å²) in [6.45, 7) is 5.17. The van der Waals surface area contributed by atoms with Gasteiger partial charge in [-0.1, -0.05) is 13.0 Å². The average Bonchev–Trinajstić information content (AvgIpc) is 2.53. The molecule has 4 nitrogen and oxygen atoms in total. The van der Waals surface area contributed by atoms with Crippen molar-refractivity contribution in [3.63, 3.8) is 0 Å². The van der Waals surface area contributed by atoms with Crippen LogP contribution in [-0.2, 0) is 0 Å². The van der Waals surface area contributed by atoms with E-state index in [0.717, 1.165) is 56.6 Å². The van der Waals surface area contributed by atoms with Crippen LogP contribution in [0.25, 0.3) is 0 Å². The molecule has 1 aliphatic heterocycles. The van der Waals surface area contributed by atoms with Crippen LogP contribution < -0.4 is 10.5 Å². The Morgan fingerprint density at radius 3 is 2.81 bits per heavy atom. The molecule has 2 rings (SSSR count). The summed E-state index contributed by atoms with van der Waals surface area (Å²) in [7, 11) is 0. The molecule has 116 valence electrons. The van der Waals surface area contributed by atoms with E-state index in [-0.39, 0.29) is 5.91 Å². The Morgan fingerprint density at radius 2 is 2.14 bits per heavy atom. The summed E-state index contributed by atoms with van der Waals surface area (Å²) in [5, 5.41) is 0. The first-order valence-electron chi connectivity index (χ1n) is 7.96. The van der Waals surface area contributed by atoms with E-state index in [2.05, 4.69) is 6.92 Å². The number of carbonyl (C=O) groups excluding carboxylic acids is 1. The minimum Gasteiger partial charge on any atom is -0.494 e. The summed E-state index contributed by atoms with van der Waals surface area (Å²) in [4.78, 5) is 14.5. The Labute approximate surface area is 127 Å². The van der Waals surface area contributed by atoms with Gasteiger partial charge in [0.05, 0.1) is 6.61 Å². The zero-order valence-corrected chi connectivity index (χ0v) is 12.9. The number of hydrogen-bond acceptors (Lipinski definition) is 3. The molecule has 0 radical (unpaired) electrons. The fourth-order valence-corrected chi connectivity index (χ4v) is 2.78. The van der Waals surface area contributed by atoms with Crippen LogP contribution in [0.2, 0.25) is 0 Å². The van der Waals surface area contributed by atoms with Crippen molar-refractivity contribution in [3.8, 4) is 5.75 Å². The number of likely N-dealkylation sites (tertiary alicyclic amines) is 1. The summed E-state index contributed by atoms with van der Waals surface area (Å²) >= 11 is 0. The van der Waals surface area contributed by atoms with Crippen LogP contribution in [0.15, 0.2) is 24.3 Å². The third-order valence-electron chi connectivity index (χ3n) is 4.03. The van der Waals surface area contributed by atoms with Crippen molar-refractivity contribution < 1.29 is 9.53 Å². The van der Waals surface area contributed by atoms with Crippen LogP contribution >= 0.6 is 0 Å². The van der Waals surface area contributed by atoms with Crippen molar-refractivity contribution in [2.75, 3.05) is 26.2 Å². The van der Waals surface area contributed by atoms with Gasteiger partial charge < -0.3 is 15.4 Å². The fourth-order valence-electron chi connectivity index (χ4n) is 2.78. The normalized spacial score (nSPS) is 16.0. The number of nitrogens with zero attached hydrogens (tertiary/aromatic N) is 1. The lowest BCUT2D eigenvalue weighted by Gasteiger charge is -2.32. The highest BCUT2D eigenvalue weighted by atomic mass is 16.5. The van der Waals surface area contributed by atoms with Crippen LogP contribution in [0.3, 0.4) is 0 Å². The van der Waals surface area contributed by atoms with E-state index in [0.29, 0.717) is 12.5 Å². The van der Waals surface area contributed by atoms with Gasteiger partial charge >= 0.3 is 0 Å². The number of amides is 1. The molecule has 21 heavy (non-hydrogen) atoms. The third-order valence-corrected chi connectivity index (χ3v) is 4.03. The largest absolute Gasteiger partial charge is 0.494 e. The molecule has 0 saturated carbocycles. The molecule has 1 aromatic rings. The molecule has 0 aromatic heterocycles. The smallest absolute Gasteiger partial charge is 0.253 e. The van der Waals surface area contributed by atoms with Crippen molar-refractivity contribution in [1.29, 1.82) is 0 Å². The molecule has 0 atom stereocenters. The molecule has 1 saturated heterocycles. The van der Waals surface area contributed by atoms with Gasteiger partial charge in [-0.3, -0.25) is 4.79 Å². The maximum atomic E-state index is 12.5. The first-order valence-corrected chi connectivity index (χ1v) is 7.96. The molecule has 1 aliphatic rings. The Hall–Kier alpha value is -1.55. The maximum Gasteiger partial charge on any atom is 0.253 e. The zero-order chi connectivity index (χ0) is 15.1. The SMILES string of the molecule is CCCOc1cccc(C(=O)N2CCC(CCN)CC2)c1. The van der Waals surface area contributed by atoms with E-state index in [4.69, 9.17) is 10.5 Å². The molecule has 1 heterocycles. The Bertz CT molecular complexity index is 454. The number of ether oxygens (including phenoxy) is 1. The molecular weight excluding hydrogens is 264 g/mol. The highest BCUT2D eigenvalue weighted by molar-refractivity contribution is 5.94. The van der Waals surface area contributed by atoms with Gasteiger partial charge in [-0.15, -0.1) is 0 Å². The van der Waals surface area contributed by atoms with Crippen LogP contribution in [-0.4, -0.2) is 37.0 Å². The second kappa shape index (κ2) is 8.03. The fraction of sp³-hybridized carbons (Fsp3) is 0.588. The second-order valence-corrected chi connectivity index (χ2v) is 5.69. The summed E-state index contributed by atoms with van der Waals surface area (Å²) in [6.07, 6.45) is 4.17. The molecule has 0 aliphatic carbocycles. The summed E-state index contributed by atoms with van der Waals surface area (Å²) in [5.74, 6) is 1.57. The maximum absolute atomic E-state index is 12.5. The van der Waals surface area contributed by atoms with Gasteiger partial charge in [-0.25, -0.2) is 0 Å². The molecule has 0 bridgehead atoms. The quantitative estimate of drug-likeness (QED) is 0.876. The number of nitrogens with two attached hydrogens (primary N) is 1. The predicted molar refractivity (Wildman–Crippen MR) is 84.5 cm³/mol. The van der Waals surface area contributed by atoms with E-state index in [1.54, 1.807) is 0 Å². The number of piperidine rings is 1. The standard InChI is InChI=1S/C17H26N2O2/c1-2-12-21-16-5-3-4-15(13-16)17(20)19-10-7-14(6-9-18)8-11-19/h3-5,13-14H,2,6-12,18H2,1H3. The van der Waals surface area contributed by atoms with E-state index < -0.39 is 0 Å². The highest BCUT2D eigenvalue weighted by Crippen LogP contribution is 2.22. The van der Waals surface area contributed by atoms with Crippen molar-refractivity contribution in [2.45, 2.75) is 32.6 Å². The first kappa shape index (κ1) is 15.8. The second-order valence-electron chi connectivity index (χ2n) is 5.69. The van der Waals surface area contributed by atoms with Gasteiger partial charge in [0.15, 0.2) is 0 Å². The van der Waals surface area contributed by atoms with E-state index in [9.17, 15) is 4.79 Å². The van der Waals surface area contributed by atoms with E-state index in [1.807, 2.05) is 29.2 Å². The molecule has 1 fully saturated rings. The zero-order valence-electron chi connectivity index (χ0n) is 12.9. The van der Waals surface area contributed by atoms with E-state index in [1.165, 1.54) is 0 Å². The Kier molecular flexibility index (Phi) is 6.05.